The van der Waals surface area contributed by atoms with Gasteiger partial charge in [0.15, 0.2) is 6.61 Å². The van der Waals surface area contributed by atoms with Crippen molar-refractivity contribution < 1.29 is 14.5 Å². The van der Waals surface area contributed by atoms with E-state index in [0.717, 1.165) is 0 Å². The van der Waals surface area contributed by atoms with E-state index in [0.29, 0.717) is 16.5 Å². The highest BCUT2D eigenvalue weighted by atomic mass is 35.5. The molecule has 0 saturated carbocycles. The number of hydrazone groups is 1. The molecule has 0 radical (unpaired) electrons. The molecule has 0 atom stereocenters. The molecule has 0 aliphatic heterocycles. The summed E-state index contributed by atoms with van der Waals surface area (Å²) >= 11 is 11.7. The average molecular weight is 387 g/mol. The Kier molecular flexibility index (Phi) is 6.25. The van der Waals surface area contributed by atoms with Crippen molar-refractivity contribution in [2.75, 3.05) is 6.61 Å². The lowest BCUT2D eigenvalue weighted by Crippen LogP contribution is -2.26. The number of carbonyl (C=O) groups is 1. The molecule has 1 amide bonds. The monoisotopic (exact) mass is 386 g/mol. The van der Waals surface area contributed by atoms with E-state index in [1.54, 1.807) is 19.1 Å². The van der Waals surface area contributed by atoms with Crippen LogP contribution in [0, 0.1) is 10.1 Å². The standard InChI is InChI=1S/C13H12Cl2N6O4/c1-8(5-20-7-16-13(19-20)21(23)24)17-18-12(22)6-25-11-3-2-9(14)4-10(11)15/h2-4,7H,5-6H2,1H3,(H,18,22)/b17-8+. The lowest BCUT2D eigenvalue weighted by atomic mass is 10.3. The van der Waals surface area contributed by atoms with Gasteiger partial charge in [0.2, 0.25) is 6.33 Å². The Labute approximate surface area is 151 Å². The summed E-state index contributed by atoms with van der Waals surface area (Å²) in [4.78, 5) is 25.0. The third-order valence-corrected chi connectivity index (χ3v) is 3.23. The van der Waals surface area contributed by atoms with Gasteiger partial charge in [-0.2, -0.15) is 9.78 Å². The first-order valence-corrected chi connectivity index (χ1v) is 7.54. The number of halogens is 2. The van der Waals surface area contributed by atoms with Crippen LogP contribution in [-0.4, -0.2) is 37.9 Å². The summed E-state index contributed by atoms with van der Waals surface area (Å²) in [7, 11) is 0. The summed E-state index contributed by atoms with van der Waals surface area (Å²) in [5, 5.41) is 18.7. The molecule has 1 aromatic heterocycles. The zero-order valence-corrected chi connectivity index (χ0v) is 14.4. The van der Waals surface area contributed by atoms with Gasteiger partial charge in [0.05, 0.1) is 17.3 Å². The number of ether oxygens (including phenoxy) is 1. The van der Waals surface area contributed by atoms with E-state index in [1.165, 1.54) is 17.1 Å². The minimum Gasteiger partial charge on any atom is -0.482 e. The molecule has 12 heteroatoms. The topological polar surface area (TPSA) is 125 Å². The number of carbonyl (C=O) groups excluding carboxylic acids is 1. The number of hydrogen-bond acceptors (Lipinski definition) is 7. The smallest absolute Gasteiger partial charge is 0.482 e. The van der Waals surface area contributed by atoms with E-state index in [4.69, 9.17) is 27.9 Å². The van der Waals surface area contributed by atoms with Crippen molar-refractivity contribution in [3.63, 3.8) is 0 Å². The molecule has 0 saturated heterocycles. The number of rotatable bonds is 7. The number of amides is 1. The van der Waals surface area contributed by atoms with Crippen molar-refractivity contribution in [2.24, 2.45) is 5.10 Å². The third kappa shape index (κ3) is 5.69. The Balaban J connectivity index is 1.83. The van der Waals surface area contributed by atoms with Crippen LogP contribution < -0.4 is 10.2 Å². The summed E-state index contributed by atoms with van der Waals surface area (Å²) < 4.78 is 6.49. The third-order valence-electron chi connectivity index (χ3n) is 2.70. The van der Waals surface area contributed by atoms with Crippen molar-refractivity contribution in [1.29, 1.82) is 0 Å². The van der Waals surface area contributed by atoms with Gasteiger partial charge in [0, 0.05) is 10.1 Å². The van der Waals surface area contributed by atoms with Crippen LogP contribution in [0.2, 0.25) is 10.0 Å². The second kappa shape index (κ2) is 8.40. The van der Waals surface area contributed by atoms with Gasteiger partial charge < -0.3 is 14.9 Å². The SMILES string of the molecule is C/C(Cn1cnc([N+](=O)[O-])n1)=N\NC(=O)COc1ccc(Cl)cc1Cl. The van der Waals surface area contributed by atoms with Crippen LogP contribution in [0.1, 0.15) is 6.92 Å². The van der Waals surface area contributed by atoms with Crippen molar-refractivity contribution in [1.82, 2.24) is 20.2 Å². The van der Waals surface area contributed by atoms with Crippen LogP contribution in [0.3, 0.4) is 0 Å². The molecule has 0 aliphatic rings. The Hall–Kier alpha value is -2.72. The van der Waals surface area contributed by atoms with Gasteiger partial charge in [-0.05, 0) is 30.0 Å². The molecule has 1 N–H and O–H groups in total. The van der Waals surface area contributed by atoms with Crippen molar-refractivity contribution in [3.8, 4) is 5.75 Å². The Morgan fingerprint density at radius 1 is 1.48 bits per heavy atom. The fraction of sp³-hybridized carbons (Fsp3) is 0.231. The fourth-order valence-electron chi connectivity index (χ4n) is 1.64. The van der Waals surface area contributed by atoms with Crippen molar-refractivity contribution in [3.05, 3.63) is 44.7 Å². The molecule has 1 heterocycles. The number of nitro groups is 1. The quantitative estimate of drug-likeness (QED) is 0.441. The number of benzene rings is 1. The van der Waals surface area contributed by atoms with Crippen LogP contribution in [-0.2, 0) is 11.3 Å². The molecule has 1 aromatic carbocycles. The predicted molar refractivity (Wildman–Crippen MR) is 89.9 cm³/mol. The highest BCUT2D eigenvalue weighted by Crippen LogP contribution is 2.27. The molecule has 25 heavy (non-hydrogen) atoms. The Bertz CT molecular complexity index is 823. The lowest BCUT2D eigenvalue weighted by molar-refractivity contribution is -0.394. The van der Waals surface area contributed by atoms with E-state index in [1.807, 2.05) is 0 Å². The van der Waals surface area contributed by atoms with Crippen molar-refractivity contribution >= 4 is 40.8 Å². The van der Waals surface area contributed by atoms with Gasteiger partial charge in [-0.1, -0.05) is 28.2 Å². The average Bonchev–Trinajstić information content (AvgIpc) is 3.01. The highest BCUT2D eigenvalue weighted by Gasteiger charge is 2.13. The van der Waals surface area contributed by atoms with Gasteiger partial charge in [-0.15, -0.1) is 0 Å². The van der Waals surface area contributed by atoms with Gasteiger partial charge in [0.1, 0.15) is 5.75 Å². The molecule has 0 aliphatic carbocycles. The largest absolute Gasteiger partial charge is 0.490 e. The fourth-order valence-corrected chi connectivity index (χ4v) is 2.10. The normalized spacial score (nSPS) is 11.2. The summed E-state index contributed by atoms with van der Waals surface area (Å²) in [5.41, 5.74) is 2.75. The maximum atomic E-state index is 11.7. The van der Waals surface area contributed by atoms with Gasteiger partial charge in [0.25, 0.3) is 5.91 Å². The van der Waals surface area contributed by atoms with Gasteiger partial charge in [-0.25, -0.2) is 5.43 Å². The Morgan fingerprint density at radius 3 is 2.88 bits per heavy atom. The van der Waals surface area contributed by atoms with Crippen LogP contribution in [0.5, 0.6) is 5.75 Å². The maximum Gasteiger partial charge on any atom is 0.490 e. The number of nitrogens with zero attached hydrogens (tertiary/aromatic N) is 5. The molecule has 0 unspecified atom stereocenters. The van der Waals surface area contributed by atoms with Gasteiger partial charge >= 0.3 is 5.95 Å². The van der Waals surface area contributed by atoms with Crippen LogP contribution in [0.4, 0.5) is 5.95 Å². The first-order chi connectivity index (χ1) is 11.8. The predicted octanol–water partition coefficient (Wildman–Crippen LogP) is 2.06. The summed E-state index contributed by atoms with van der Waals surface area (Å²) in [6, 6.07) is 4.63. The summed E-state index contributed by atoms with van der Waals surface area (Å²) in [5.74, 6) is -0.697. The molecule has 2 aromatic rings. The molecule has 0 spiro atoms. The lowest BCUT2D eigenvalue weighted by Gasteiger charge is -2.07. The highest BCUT2D eigenvalue weighted by molar-refractivity contribution is 6.35. The minimum absolute atomic E-state index is 0.130. The molecule has 0 fully saturated rings. The van der Waals surface area contributed by atoms with E-state index in [2.05, 4.69) is 20.6 Å². The molecular formula is C13H12Cl2N6O4. The first-order valence-electron chi connectivity index (χ1n) is 6.79. The van der Waals surface area contributed by atoms with Crippen molar-refractivity contribution in [2.45, 2.75) is 13.5 Å². The molecule has 0 bridgehead atoms. The second-order valence-corrected chi connectivity index (χ2v) is 5.59. The first kappa shape index (κ1) is 18.6. The minimum atomic E-state index is -0.704. The molecule has 2 rings (SSSR count). The zero-order chi connectivity index (χ0) is 18.4. The summed E-state index contributed by atoms with van der Waals surface area (Å²) in [6.07, 6.45) is 1.20. The zero-order valence-electron chi connectivity index (χ0n) is 12.8. The Morgan fingerprint density at radius 2 is 2.24 bits per heavy atom. The molecule has 132 valence electrons. The van der Waals surface area contributed by atoms with Crippen LogP contribution in [0.25, 0.3) is 0 Å². The van der Waals surface area contributed by atoms with E-state index in [9.17, 15) is 14.9 Å². The maximum absolute atomic E-state index is 11.7. The van der Waals surface area contributed by atoms with E-state index in [-0.39, 0.29) is 18.2 Å². The van der Waals surface area contributed by atoms with E-state index >= 15 is 0 Å². The number of hydrogen-bond donors (Lipinski definition) is 1. The van der Waals surface area contributed by atoms with E-state index < -0.39 is 16.8 Å². The summed E-state index contributed by atoms with van der Waals surface area (Å²) in [6.45, 7) is 1.45. The number of aromatic nitrogens is 3. The molecule has 10 nitrogen and oxygen atoms in total. The van der Waals surface area contributed by atoms with Gasteiger partial charge in [-0.3, -0.25) is 4.79 Å². The van der Waals surface area contributed by atoms with Crippen LogP contribution >= 0.6 is 23.2 Å². The second-order valence-electron chi connectivity index (χ2n) is 4.74. The molecular weight excluding hydrogens is 375 g/mol. The number of nitrogens with one attached hydrogen (secondary N) is 1. The van der Waals surface area contributed by atoms with Crippen LogP contribution in [0.15, 0.2) is 29.6 Å².